The fourth-order valence-corrected chi connectivity index (χ4v) is 0.357. The summed E-state index contributed by atoms with van der Waals surface area (Å²) in [5.74, 6) is 0.517. The van der Waals surface area contributed by atoms with Gasteiger partial charge in [-0.1, -0.05) is 6.20 Å². The smallest absolute Gasteiger partial charge is 0.495 e. The minimum atomic E-state index is 0. The quantitative estimate of drug-likeness (QED) is 0.295. The molecule has 0 saturated carbocycles. The molecule has 0 unspecified atom stereocenters. The molecule has 4 heteroatoms. The van der Waals surface area contributed by atoms with Gasteiger partial charge in [-0.2, -0.15) is 0 Å². The zero-order chi connectivity index (χ0) is 5.82. The monoisotopic (exact) mass is 116 g/mol. The molecule has 0 fully saturated rings. The second-order valence-electron chi connectivity index (χ2n) is 1.19. The summed E-state index contributed by atoms with van der Waals surface area (Å²) in [6.07, 6.45) is 5.48. The first kappa shape index (κ1) is 8.48. The molecule has 0 spiro atoms. The van der Waals surface area contributed by atoms with Gasteiger partial charge in [-0.3, -0.25) is 4.98 Å². The van der Waals surface area contributed by atoms with E-state index in [1.165, 1.54) is 12.4 Å². The van der Waals surface area contributed by atoms with Crippen LogP contribution in [0.2, 0.25) is 0 Å². The van der Waals surface area contributed by atoms with Gasteiger partial charge in [0, 0.05) is 0 Å². The molecule has 1 rings (SSSR count). The van der Waals surface area contributed by atoms with Gasteiger partial charge < -0.3 is 9.72 Å². The van der Waals surface area contributed by atoms with Gasteiger partial charge in [-0.25, -0.2) is 0 Å². The van der Waals surface area contributed by atoms with E-state index in [1.807, 2.05) is 0 Å². The molecule has 0 N–H and O–H groups in total. The average molecular weight is 116 g/mol. The van der Waals surface area contributed by atoms with Crippen molar-refractivity contribution in [1.29, 1.82) is 0 Å². The standard InChI is InChI=1S/C5H5N2O.Li/c1-8-5-4-6-2-3-7-5;/h3-4H,1H3;/q-1;+1. The van der Waals surface area contributed by atoms with E-state index in [0.717, 1.165) is 0 Å². The first-order chi connectivity index (χ1) is 3.93. The van der Waals surface area contributed by atoms with E-state index in [0.29, 0.717) is 5.88 Å². The van der Waals surface area contributed by atoms with E-state index in [4.69, 9.17) is 4.74 Å². The van der Waals surface area contributed by atoms with Gasteiger partial charge in [0.15, 0.2) is 0 Å². The Labute approximate surface area is 65.6 Å². The molecule has 0 atom stereocenters. The van der Waals surface area contributed by atoms with Crippen LogP contribution in [0.3, 0.4) is 0 Å². The third kappa shape index (κ3) is 2.50. The summed E-state index contributed by atoms with van der Waals surface area (Å²) >= 11 is 0. The van der Waals surface area contributed by atoms with Crippen LogP contribution in [-0.2, 0) is 0 Å². The molecule has 0 amide bonds. The van der Waals surface area contributed by atoms with Crippen molar-refractivity contribution in [2.24, 2.45) is 0 Å². The molecule has 3 nitrogen and oxygen atoms in total. The molecular formula is C5H5LiN2O. The van der Waals surface area contributed by atoms with Crippen LogP contribution in [-0.4, -0.2) is 17.1 Å². The van der Waals surface area contributed by atoms with Gasteiger partial charge in [-0.15, -0.1) is 6.20 Å². The summed E-state index contributed by atoms with van der Waals surface area (Å²) in [5, 5.41) is 0. The molecule has 0 aliphatic carbocycles. The molecule has 1 aromatic rings. The number of nitrogens with zero attached hydrogens (tertiary/aromatic N) is 2. The van der Waals surface area contributed by atoms with E-state index >= 15 is 0 Å². The van der Waals surface area contributed by atoms with E-state index in [9.17, 15) is 0 Å². The predicted octanol–water partition coefficient (Wildman–Crippen LogP) is -2.71. The first-order valence-corrected chi connectivity index (χ1v) is 2.15. The molecular weight excluding hydrogens is 111 g/mol. The third-order valence-electron chi connectivity index (χ3n) is 0.708. The second kappa shape index (κ2) is 4.37. The number of ether oxygens (including phenoxy) is 1. The van der Waals surface area contributed by atoms with Gasteiger partial charge in [0.25, 0.3) is 0 Å². The number of hydrogen-bond acceptors (Lipinski definition) is 3. The van der Waals surface area contributed by atoms with Gasteiger partial charge in [0.05, 0.1) is 7.11 Å². The Hall–Kier alpha value is -0.523. The summed E-state index contributed by atoms with van der Waals surface area (Å²) in [4.78, 5) is 7.40. The summed E-state index contributed by atoms with van der Waals surface area (Å²) in [5.41, 5.74) is 0. The van der Waals surface area contributed by atoms with Crippen LogP contribution in [0.4, 0.5) is 0 Å². The van der Waals surface area contributed by atoms with Crippen LogP contribution in [0.15, 0.2) is 12.4 Å². The van der Waals surface area contributed by atoms with E-state index in [2.05, 4.69) is 16.2 Å². The molecule has 0 saturated heterocycles. The van der Waals surface area contributed by atoms with Gasteiger partial charge in [-0.05, 0) is 6.20 Å². The van der Waals surface area contributed by atoms with Crippen molar-refractivity contribution in [3.8, 4) is 5.88 Å². The maximum absolute atomic E-state index is 4.72. The Morgan fingerprint density at radius 2 is 2.44 bits per heavy atom. The minimum absolute atomic E-state index is 0. The SMILES string of the molecule is COc1cn[c-]cn1.[Li+]. The average Bonchev–Trinajstić information content (AvgIpc) is 1.90. The maximum atomic E-state index is 4.72. The predicted molar refractivity (Wildman–Crippen MR) is 27.4 cm³/mol. The van der Waals surface area contributed by atoms with E-state index < -0.39 is 0 Å². The summed E-state index contributed by atoms with van der Waals surface area (Å²) in [6, 6.07) is 0. The second-order valence-corrected chi connectivity index (χ2v) is 1.19. The van der Waals surface area contributed by atoms with Crippen LogP contribution in [0, 0.1) is 6.20 Å². The number of aromatic nitrogens is 2. The summed E-state index contributed by atoms with van der Waals surface area (Å²) in [6.45, 7) is 0. The van der Waals surface area contributed by atoms with Crippen molar-refractivity contribution in [1.82, 2.24) is 9.97 Å². The summed E-state index contributed by atoms with van der Waals surface area (Å²) < 4.78 is 4.72. The van der Waals surface area contributed by atoms with Crippen LogP contribution in [0.5, 0.6) is 5.88 Å². The van der Waals surface area contributed by atoms with Gasteiger partial charge >= 0.3 is 18.9 Å². The Morgan fingerprint density at radius 1 is 1.67 bits per heavy atom. The van der Waals surface area contributed by atoms with Crippen molar-refractivity contribution in [2.75, 3.05) is 7.11 Å². The molecule has 42 valence electrons. The molecule has 0 aliphatic heterocycles. The fraction of sp³-hybridized carbons (Fsp3) is 0.200. The third-order valence-corrected chi connectivity index (χ3v) is 0.708. The Balaban J connectivity index is 0.000000640. The molecule has 0 bridgehead atoms. The van der Waals surface area contributed by atoms with Gasteiger partial charge in [0.1, 0.15) is 5.88 Å². The first-order valence-electron chi connectivity index (χ1n) is 2.15. The number of hydrogen-bond donors (Lipinski definition) is 0. The van der Waals surface area contributed by atoms with Gasteiger partial charge in [0.2, 0.25) is 0 Å². The van der Waals surface area contributed by atoms with Crippen LogP contribution in [0.1, 0.15) is 0 Å². The Bertz CT molecular complexity index is 156. The van der Waals surface area contributed by atoms with Crippen molar-refractivity contribution >= 4 is 0 Å². The zero-order valence-electron chi connectivity index (χ0n) is 5.46. The molecule has 0 aliphatic rings. The molecule has 9 heavy (non-hydrogen) atoms. The molecule has 0 radical (unpaired) electrons. The molecule has 1 aromatic heterocycles. The largest absolute Gasteiger partial charge is 1.00 e. The number of rotatable bonds is 1. The van der Waals surface area contributed by atoms with Crippen molar-refractivity contribution in [3.63, 3.8) is 0 Å². The fourth-order valence-electron chi connectivity index (χ4n) is 0.357. The van der Waals surface area contributed by atoms with E-state index in [1.54, 1.807) is 7.11 Å². The van der Waals surface area contributed by atoms with E-state index in [-0.39, 0.29) is 18.9 Å². The molecule has 0 aromatic carbocycles. The van der Waals surface area contributed by atoms with Crippen LogP contribution < -0.4 is 23.6 Å². The Kier molecular flexibility index (Phi) is 4.11. The Morgan fingerprint density at radius 3 is 2.78 bits per heavy atom. The van der Waals surface area contributed by atoms with Crippen molar-refractivity contribution in [3.05, 3.63) is 18.6 Å². The normalized spacial score (nSPS) is 7.67. The number of methoxy groups -OCH3 is 1. The zero-order valence-corrected chi connectivity index (χ0v) is 5.46. The van der Waals surface area contributed by atoms with Crippen molar-refractivity contribution < 1.29 is 23.6 Å². The maximum Gasteiger partial charge on any atom is 1.00 e. The molecule has 1 heterocycles. The van der Waals surface area contributed by atoms with Crippen LogP contribution >= 0.6 is 0 Å². The topological polar surface area (TPSA) is 35.0 Å². The minimum Gasteiger partial charge on any atom is -0.495 e. The summed E-state index contributed by atoms with van der Waals surface area (Å²) in [7, 11) is 1.55. The van der Waals surface area contributed by atoms with Crippen LogP contribution in [0.25, 0.3) is 0 Å². The van der Waals surface area contributed by atoms with Crippen molar-refractivity contribution in [2.45, 2.75) is 0 Å².